The topological polar surface area (TPSA) is 66.4 Å². The van der Waals surface area contributed by atoms with Crippen molar-refractivity contribution >= 4 is 66.7 Å². The minimum absolute atomic E-state index is 0. The summed E-state index contributed by atoms with van der Waals surface area (Å²) in [7, 11) is 0. The molecule has 1 atom stereocenters. The summed E-state index contributed by atoms with van der Waals surface area (Å²) in [5, 5.41) is 10.9. The maximum Gasteiger partial charge on any atom is 0.327 e. The molecule has 0 saturated heterocycles. The first-order chi connectivity index (χ1) is 5.79. The van der Waals surface area contributed by atoms with Crippen molar-refractivity contribution in [3.8, 4) is 0 Å². The van der Waals surface area contributed by atoms with Crippen LogP contribution >= 0.6 is 25.3 Å². The number of carbonyl (C=O) groups is 2. The Kier molecular flexibility index (Phi) is 8.53. The van der Waals surface area contributed by atoms with E-state index < -0.39 is 22.7 Å². The van der Waals surface area contributed by atoms with Crippen LogP contribution in [0.5, 0.6) is 0 Å². The number of nitrogens with one attached hydrogen (secondary N) is 1. The fraction of sp³-hybridized carbons (Fsp3) is 0.714. The molecule has 77 valence electrons. The maximum absolute atomic E-state index is 11.3. The molecule has 0 heterocycles. The van der Waals surface area contributed by atoms with Gasteiger partial charge in [-0.25, -0.2) is 4.79 Å². The Bertz CT molecular complexity index is 217. The van der Waals surface area contributed by atoms with Gasteiger partial charge in [0, 0.05) is 35.3 Å². The summed E-state index contributed by atoms with van der Waals surface area (Å²) in [4.78, 5) is 21.8. The summed E-state index contributed by atoms with van der Waals surface area (Å²) in [6.07, 6.45) is 0. The van der Waals surface area contributed by atoms with E-state index in [2.05, 4.69) is 30.6 Å². The predicted molar refractivity (Wildman–Crippen MR) is 62.2 cm³/mol. The van der Waals surface area contributed by atoms with Crippen LogP contribution in [0.4, 0.5) is 0 Å². The maximum atomic E-state index is 11.3. The van der Waals surface area contributed by atoms with Crippen molar-refractivity contribution in [2.75, 3.05) is 5.75 Å². The number of hydrogen-bond acceptors (Lipinski definition) is 4. The van der Waals surface area contributed by atoms with Crippen LogP contribution < -0.4 is 5.32 Å². The first kappa shape index (κ1) is 17.0. The second-order valence-electron chi connectivity index (χ2n) is 3.11. The van der Waals surface area contributed by atoms with E-state index in [0.717, 1.165) is 0 Å². The molecule has 14 heavy (non-hydrogen) atoms. The second-order valence-corrected chi connectivity index (χ2v) is 4.59. The Hall–Kier alpha value is 0.640. The molecule has 0 aliphatic heterocycles. The van der Waals surface area contributed by atoms with Crippen LogP contribution in [0.25, 0.3) is 0 Å². The smallest absolute Gasteiger partial charge is 0.327 e. The van der Waals surface area contributed by atoms with Crippen LogP contribution in [0.15, 0.2) is 0 Å². The third-order valence-electron chi connectivity index (χ3n) is 1.34. The van der Waals surface area contributed by atoms with E-state index in [-0.39, 0.29) is 35.3 Å². The molecule has 7 heteroatoms. The minimum Gasteiger partial charge on any atom is -0.480 e. The van der Waals surface area contributed by atoms with Gasteiger partial charge in [-0.2, -0.15) is 25.3 Å². The quantitative estimate of drug-likeness (QED) is 0.411. The standard InChI is InChI=1S/C7H13NO3S2.Na/c1-7(2,13)6(11)8-4(3-12)5(9)10;/h4,12-13H,3H2,1-2H3,(H,8,11)(H,9,10);/t4-;/m0./s1. The number of amides is 1. The molecule has 0 aliphatic rings. The summed E-state index contributed by atoms with van der Waals surface area (Å²) >= 11 is 7.81. The predicted octanol–water partition coefficient (Wildman–Crippen LogP) is -0.187. The molecule has 1 amide bonds. The van der Waals surface area contributed by atoms with E-state index in [4.69, 9.17) is 5.11 Å². The molecule has 0 spiro atoms. The Morgan fingerprint density at radius 2 is 1.93 bits per heavy atom. The van der Waals surface area contributed by atoms with Crippen LogP contribution in [0.1, 0.15) is 13.8 Å². The number of carbonyl (C=O) groups excluding carboxylic acids is 1. The van der Waals surface area contributed by atoms with Gasteiger partial charge < -0.3 is 10.4 Å². The van der Waals surface area contributed by atoms with Gasteiger partial charge in [-0.05, 0) is 13.8 Å². The molecular weight excluding hydrogens is 233 g/mol. The molecule has 0 bridgehead atoms. The summed E-state index contributed by atoms with van der Waals surface area (Å²) in [6, 6.07) is -0.956. The Balaban J connectivity index is 0. The van der Waals surface area contributed by atoms with Crippen molar-refractivity contribution in [3.63, 3.8) is 0 Å². The monoisotopic (exact) mass is 246 g/mol. The van der Waals surface area contributed by atoms with E-state index in [1.54, 1.807) is 13.8 Å². The molecule has 0 saturated carbocycles. The second kappa shape index (κ2) is 7.00. The first-order valence-electron chi connectivity index (χ1n) is 3.66. The molecule has 4 nitrogen and oxygen atoms in total. The van der Waals surface area contributed by atoms with Crippen molar-refractivity contribution in [3.05, 3.63) is 0 Å². The van der Waals surface area contributed by atoms with Gasteiger partial charge in [0.15, 0.2) is 0 Å². The molecule has 0 aliphatic carbocycles. The van der Waals surface area contributed by atoms with Gasteiger partial charge in [-0.3, -0.25) is 4.79 Å². The average Bonchev–Trinajstić information content (AvgIpc) is 1.96. The van der Waals surface area contributed by atoms with Crippen molar-refractivity contribution in [1.29, 1.82) is 0 Å². The number of thiol groups is 2. The molecule has 0 unspecified atom stereocenters. The van der Waals surface area contributed by atoms with Gasteiger partial charge in [0.2, 0.25) is 5.91 Å². The molecule has 2 N–H and O–H groups in total. The van der Waals surface area contributed by atoms with Crippen molar-refractivity contribution in [1.82, 2.24) is 5.32 Å². The van der Waals surface area contributed by atoms with E-state index >= 15 is 0 Å². The number of hydrogen-bond donors (Lipinski definition) is 4. The van der Waals surface area contributed by atoms with Crippen LogP contribution in [0.3, 0.4) is 0 Å². The van der Waals surface area contributed by atoms with Crippen LogP contribution in [-0.4, -0.2) is 63.1 Å². The van der Waals surface area contributed by atoms with Crippen LogP contribution in [0.2, 0.25) is 0 Å². The average molecular weight is 246 g/mol. The molecule has 0 fully saturated rings. The summed E-state index contributed by atoms with van der Waals surface area (Å²) in [5.74, 6) is -1.46. The largest absolute Gasteiger partial charge is 0.480 e. The van der Waals surface area contributed by atoms with Gasteiger partial charge in [0.1, 0.15) is 6.04 Å². The van der Waals surface area contributed by atoms with E-state index in [0.29, 0.717) is 0 Å². The zero-order valence-electron chi connectivity index (χ0n) is 8.44. The fourth-order valence-electron chi connectivity index (χ4n) is 0.520. The van der Waals surface area contributed by atoms with Crippen molar-refractivity contribution in [2.45, 2.75) is 24.6 Å². The zero-order valence-corrected chi connectivity index (χ0v) is 12.2. The van der Waals surface area contributed by atoms with Crippen LogP contribution in [0, 0.1) is 0 Å². The van der Waals surface area contributed by atoms with E-state index in [1.165, 1.54) is 0 Å². The van der Waals surface area contributed by atoms with E-state index in [1.807, 2.05) is 0 Å². The minimum atomic E-state index is -1.10. The fourth-order valence-corrected chi connectivity index (χ4v) is 0.832. The normalized spacial score (nSPS) is 12.6. The third-order valence-corrected chi connectivity index (χ3v) is 1.91. The molecule has 0 rings (SSSR count). The number of carboxylic acids is 1. The molecule has 1 radical (unpaired) electrons. The SMILES string of the molecule is CC(C)(S)C(=O)N[C@@H](CS)C(=O)O.[Na]. The van der Waals surface area contributed by atoms with Gasteiger partial charge in [-0.1, -0.05) is 0 Å². The number of aliphatic carboxylic acids is 1. The van der Waals surface area contributed by atoms with Crippen LogP contribution in [-0.2, 0) is 9.59 Å². The van der Waals surface area contributed by atoms with Crippen molar-refractivity contribution < 1.29 is 14.7 Å². The Labute approximate surface area is 116 Å². The number of carboxylic acid groups (broad SMARTS) is 1. The Morgan fingerprint density at radius 3 is 2.14 bits per heavy atom. The molecular formula is C7H13NNaO3S2. The Morgan fingerprint density at radius 1 is 1.50 bits per heavy atom. The number of rotatable bonds is 4. The van der Waals surface area contributed by atoms with Crippen molar-refractivity contribution in [2.24, 2.45) is 0 Å². The molecule has 0 aromatic heterocycles. The molecule has 0 aromatic carbocycles. The molecule has 0 aromatic rings. The van der Waals surface area contributed by atoms with Gasteiger partial charge in [0.05, 0.1) is 4.75 Å². The van der Waals surface area contributed by atoms with Gasteiger partial charge >= 0.3 is 5.97 Å². The zero-order chi connectivity index (χ0) is 10.6. The summed E-state index contributed by atoms with van der Waals surface area (Å²) < 4.78 is -0.878. The summed E-state index contributed by atoms with van der Waals surface area (Å²) in [5.41, 5.74) is 0. The van der Waals surface area contributed by atoms with Gasteiger partial charge in [-0.15, -0.1) is 0 Å². The first-order valence-corrected chi connectivity index (χ1v) is 4.74. The van der Waals surface area contributed by atoms with E-state index in [9.17, 15) is 9.59 Å². The van der Waals surface area contributed by atoms with Gasteiger partial charge in [0.25, 0.3) is 0 Å². The summed E-state index contributed by atoms with van der Waals surface area (Å²) in [6.45, 7) is 3.17. The third kappa shape index (κ3) is 6.19.